The average molecular weight is 266 g/mol. The summed E-state index contributed by atoms with van der Waals surface area (Å²) in [6, 6.07) is 17.1. The van der Waals surface area contributed by atoms with Crippen LogP contribution in [0.2, 0.25) is 0 Å². The van der Waals surface area contributed by atoms with E-state index in [-0.39, 0.29) is 0 Å². The van der Waals surface area contributed by atoms with Crippen molar-refractivity contribution in [3.05, 3.63) is 76.2 Å². The molecule has 3 nitrogen and oxygen atoms in total. The fraction of sp³-hybridized carbons (Fsp3) is 0.235. The monoisotopic (exact) mass is 266 g/mol. The second-order valence-corrected chi connectivity index (χ2v) is 4.67. The van der Waals surface area contributed by atoms with Crippen molar-refractivity contribution in [3.8, 4) is 0 Å². The van der Waals surface area contributed by atoms with Crippen LogP contribution in [0.25, 0.3) is 5.41 Å². The Morgan fingerprint density at radius 2 is 1.80 bits per heavy atom. The molecule has 0 spiro atoms. The highest BCUT2D eigenvalue weighted by atomic mass is 16.5. The normalized spacial score (nSPS) is 11.4. The summed E-state index contributed by atoms with van der Waals surface area (Å²) >= 11 is 0. The van der Waals surface area contributed by atoms with E-state index in [1.165, 1.54) is 35.1 Å². The second kappa shape index (κ2) is 7.39. The predicted octanol–water partition coefficient (Wildman–Crippen LogP) is 3.39. The van der Waals surface area contributed by atoms with E-state index in [2.05, 4.69) is 30.3 Å². The molecule has 2 aromatic carbocycles. The van der Waals surface area contributed by atoms with Crippen LogP contribution >= 0.6 is 0 Å². The molecule has 0 aromatic heterocycles. The first kappa shape index (κ1) is 14.2. The second-order valence-electron chi connectivity index (χ2n) is 4.67. The highest BCUT2D eigenvalue weighted by Crippen LogP contribution is 2.22. The summed E-state index contributed by atoms with van der Waals surface area (Å²) in [5.41, 5.74) is 5.50. The van der Waals surface area contributed by atoms with Crippen LogP contribution in [0.5, 0.6) is 0 Å². The van der Waals surface area contributed by atoms with Crippen LogP contribution < -0.4 is 0 Å². The van der Waals surface area contributed by atoms with Gasteiger partial charge in [-0.1, -0.05) is 48.5 Å². The van der Waals surface area contributed by atoms with Crippen molar-refractivity contribution in [1.82, 2.24) is 0 Å². The molecule has 20 heavy (non-hydrogen) atoms. The first-order valence-electron chi connectivity index (χ1n) is 6.57. The van der Waals surface area contributed by atoms with E-state index in [1.54, 1.807) is 0 Å². The van der Waals surface area contributed by atoms with Crippen LogP contribution in [0.3, 0.4) is 0 Å². The minimum Gasteiger partial charge on any atom is -0.724 e. The molecule has 2 aromatic rings. The average Bonchev–Trinajstić information content (AvgIpc) is 2.50. The van der Waals surface area contributed by atoms with Gasteiger partial charge in [0.2, 0.25) is 0 Å². The Labute approximate surface area is 118 Å². The summed E-state index contributed by atoms with van der Waals surface area (Å²) in [6.45, 7) is 1.43. The largest absolute Gasteiger partial charge is 0.724 e. The molecule has 0 heterocycles. The first-order chi connectivity index (χ1) is 9.83. The molecule has 0 N–H and O–H groups in total. The van der Waals surface area contributed by atoms with Gasteiger partial charge in [-0.3, -0.25) is 4.79 Å². The van der Waals surface area contributed by atoms with Crippen molar-refractivity contribution < 1.29 is 9.53 Å². The summed E-state index contributed by atoms with van der Waals surface area (Å²) < 4.78 is 5.78. The highest BCUT2D eigenvalue weighted by Gasteiger charge is 2.10. The number of nitrogens with zero attached hydrogens (tertiary/aromatic N) is 1. The topological polar surface area (TPSA) is 48.6 Å². The molecule has 0 unspecified atom stereocenters. The number of aryl methyl sites for hydroxylation is 2. The van der Waals surface area contributed by atoms with Crippen molar-refractivity contribution in [1.29, 1.82) is 0 Å². The third-order valence-corrected chi connectivity index (χ3v) is 3.32. The SMILES string of the molecule is [N-]=C=O.c1ccc(COCc2cc3ccc2CC3)cc1. The zero-order valence-electron chi connectivity index (χ0n) is 11.2. The maximum absolute atomic E-state index is 8.24. The quantitative estimate of drug-likeness (QED) is 0.629. The van der Waals surface area contributed by atoms with Gasteiger partial charge in [-0.15, -0.1) is 0 Å². The van der Waals surface area contributed by atoms with Gasteiger partial charge in [-0.2, -0.15) is 0 Å². The smallest absolute Gasteiger partial charge is 0.0724 e. The zero-order valence-corrected chi connectivity index (χ0v) is 11.2. The standard InChI is InChI=1S/C16H16O.CNO/c1-2-4-14(5-3-1)11-17-12-16-10-13-6-8-15(16)9-7-13;2-1-3/h1-6,8,10H,7,9,11-12H2;/q;-1. The molecular formula is C17H16NO2-. The van der Waals surface area contributed by atoms with Gasteiger partial charge in [0.1, 0.15) is 0 Å². The Balaban J connectivity index is 0.000000452. The molecule has 4 rings (SSSR count). The van der Waals surface area contributed by atoms with E-state index >= 15 is 0 Å². The Hall–Kier alpha value is -2.22. The highest BCUT2D eigenvalue weighted by molar-refractivity contribution is 5.37. The van der Waals surface area contributed by atoms with E-state index in [1.807, 2.05) is 18.2 Å². The molecule has 0 fully saturated rings. The third kappa shape index (κ3) is 3.89. The van der Waals surface area contributed by atoms with E-state index in [4.69, 9.17) is 14.9 Å². The van der Waals surface area contributed by atoms with Crippen LogP contribution in [0.15, 0.2) is 48.5 Å². The zero-order chi connectivity index (χ0) is 14.2. The molecule has 0 atom stereocenters. The third-order valence-electron chi connectivity index (χ3n) is 3.32. The van der Waals surface area contributed by atoms with Gasteiger partial charge in [0, 0.05) is 0 Å². The molecule has 2 aliphatic rings. The van der Waals surface area contributed by atoms with Gasteiger partial charge in [-0.05, 0) is 41.2 Å². The summed E-state index contributed by atoms with van der Waals surface area (Å²) in [5.74, 6) is 0. The fourth-order valence-corrected chi connectivity index (χ4v) is 2.35. The summed E-state index contributed by atoms with van der Waals surface area (Å²) in [7, 11) is 0. The minimum atomic E-state index is 0.500. The molecule has 0 radical (unpaired) electrons. The molecule has 0 amide bonds. The number of ether oxygens (including phenoxy) is 1. The number of hydrogen-bond donors (Lipinski definition) is 0. The maximum Gasteiger partial charge on any atom is 0.0724 e. The summed E-state index contributed by atoms with van der Waals surface area (Å²) in [6.07, 6.45) is 2.89. The van der Waals surface area contributed by atoms with Crippen molar-refractivity contribution in [3.63, 3.8) is 0 Å². The van der Waals surface area contributed by atoms with Crippen LogP contribution in [0, 0.1) is 0 Å². The van der Waals surface area contributed by atoms with Crippen LogP contribution in [0.4, 0.5) is 0 Å². The van der Waals surface area contributed by atoms with E-state index in [9.17, 15) is 0 Å². The molecule has 102 valence electrons. The number of benzene rings is 2. The van der Waals surface area contributed by atoms with Gasteiger partial charge < -0.3 is 10.1 Å². The first-order valence-corrected chi connectivity index (χ1v) is 6.57. The van der Waals surface area contributed by atoms with Gasteiger partial charge >= 0.3 is 0 Å². The summed E-state index contributed by atoms with van der Waals surface area (Å²) in [5, 5.41) is 6.76. The minimum absolute atomic E-state index is 0.500. The van der Waals surface area contributed by atoms with E-state index in [0.717, 1.165) is 6.61 Å². The lowest BCUT2D eigenvalue weighted by molar-refractivity contribution is 0.106. The Kier molecular flexibility index (Phi) is 5.24. The number of carbonyl (C=O) groups excluding carboxylic acids is 1. The van der Waals surface area contributed by atoms with Crippen LogP contribution in [-0.2, 0) is 35.6 Å². The Bertz CT molecular complexity index is 587. The van der Waals surface area contributed by atoms with Crippen LogP contribution in [-0.4, -0.2) is 6.08 Å². The van der Waals surface area contributed by atoms with Gasteiger partial charge in [-0.25, -0.2) is 0 Å². The summed E-state index contributed by atoms with van der Waals surface area (Å²) in [4.78, 5) is 8.24. The van der Waals surface area contributed by atoms with Crippen LogP contribution in [0.1, 0.15) is 22.3 Å². The number of hydrogen-bond acceptors (Lipinski definition) is 2. The van der Waals surface area contributed by atoms with Crippen molar-refractivity contribution >= 4 is 6.08 Å². The molecule has 2 aliphatic carbocycles. The molecule has 0 saturated heterocycles. The molecule has 3 heteroatoms. The number of fused-ring (bicyclic) bond motifs is 3. The fourth-order valence-electron chi connectivity index (χ4n) is 2.35. The Morgan fingerprint density at radius 1 is 1.05 bits per heavy atom. The van der Waals surface area contributed by atoms with E-state index in [0.29, 0.717) is 12.7 Å². The van der Waals surface area contributed by atoms with Crippen molar-refractivity contribution in [2.24, 2.45) is 0 Å². The lowest BCUT2D eigenvalue weighted by atomic mass is 9.91. The maximum atomic E-state index is 8.24. The molecule has 0 aliphatic heterocycles. The lowest BCUT2D eigenvalue weighted by Gasteiger charge is -2.17. The van der Waals surface area contributed by atoms with Crippen molar-refractivity contribution in [2.45, 2.75) is 26.1 Å². The van der Waals surface area contributed by atoms with Gasteiger partial charge in [0.15, 0.2) is 0 Å². The van der Waals surface area contributed by atoms with E-state index < -0.39 is 0 Å². The number of isocyanates is 1. The van der Waals surface area contributed by atoms with Crippen molar-refractivity contribution in [2.75, 3.05) is 0 Å². The molecular weight excluding hydrogens is 250 g/mol. The predicted molar refractivity (Wildman–Crippen MR) is 77.8 cm³/mol. The van der Waals surface area contributed by atoms with Gasteiger partial charge in [0.25, 0.3) is 0 Å². The lowest BCUT2D eigenvalue weighted by Crippen LogP contribution is -2.06. The van der Waals surface area contributed by atoms with Gasteiger partial charge in [0.05, 0.1) is 13.2 Å². The molecule has 0 saturated carbocycles. The number of rotatable bonds is 4. The molecule has 2 bridgehead atoms. The Morgan fingerprint density at radius 3 is 2.35 bits per heavy atom.